The normalized spacial score (nSPS) is 14.2. The summed E-state index contributed by atoms with van der Waals surface area (Å²) >= 11 is 0. The van der Waals surface area contributed by atoms with E-state index in [-0.39, 0.29) is 18.3 Å². The van der Waals surface area contributed by atoms with Gasteiger partial charge in [0.1, 0.15) is 0 Å². The van der Waals surface area contributed by atoms with Gasteiger partial charge in [0, 0.05) is 6.54 Å². The van der Waals surface area contributed by atoms with Crippen molar-refractivity contribution in [3.8, 4) is 11.1 Å². The third-order valence-electron chi connectivity index (χ3n) is 5.18. The molecule has 152 valence electrons. The summed E-state index contributed by atoms with van der Waals surface area (Å²) in [7, 11) is 0. The average molecular weight is 412 g/mol. The van der Waals surface area contributed by atoms with Gasteiger partial charge in [-0.2, -0.15) is 0 Å². The molecule has 3 aromatic rings. The van der Waals surface area contributed by atoms with E-state index in [4.69, 9.17) is 0 Å². The monoisotopic (exact) mass is 411 g/mol. The summed E-state index contributed by atoms with van der Waals surface area (Å²) in [4.78, 5) is 12.4. The Bertz CT molecular complexity index is 948. The van der Waals surface area contributed by atoms with Crippen LogP contribution in [0, 0.1) is 6.92 Å². The number of aryl methyl sites for hydroxylation is 1. The van der Waals surface area contributed by atoms with Crippen LogP contribution in [0.2, 0.25) is 0 Å². The largest absolute Gasteiger partial charge is 0.347 e. The fourth-order valence-corrected chi connectivity index (χ4v) is 3.54. The molecule has 1 aromatic heterocycles. The van der Waals surface area contributed by atoms with Gasteiger partial charge in [-0.25, -0.2) is 4.68 Å². The Labute approximate surface area is 177 Å². The number of carbonyl (C=O) groups excluding carboxylic acids is 1. The lowest BCUT2D eigenvalue weighted by atomic mass is 10.0. The molecule has 1 amide bonds. The van der Waals surface area contributed by atoms with Gasteiger partial charge in [-0.15, -0.1) is 17.5 Å². The quantitative estimate of drug-likeness (QED) is 0.673. The van der Waals surface area contributed by atoms with E-state index in [0.717, 1.165) is 31.5 Å². The molecule has 1 aliphatic heterocycles. The van der Waals surface area contributed by atoms with E-state index >= 15 is 0 Å². The van der Waals surface area contributed by atoms with Gasteiger partial charge in [-0.1, -0.05) is 59.3 Å². The highest BCUT2D eigenvalue weighted by Crippen LogP contribution is 2.21. The van der Waals surface area contributed by atoms with Crippen LogP contribution in [0.3, 0.4) is 0 Å². The first-order chi connectivity index (χ1) is 13.7. The molecule has 0 aliphatic carbocycles. The molecule has 0 saturated carbocycles. The van der Waals surface area contributed by atoms with Crippen molar-refractivity contribution in [1.29, 1.82) is 0 Å². The van der Waals surface area contributed by atoms with Gasteiger partial charge in [-0.3, -0.25) is 4.79 Å². The molecular weight excluding hydrogens is 386 g/mol. The Kier molecular flexibility index (Phi) is 7.01. The minimum atomic E-state index is -0.192. The number of rotatable bonds is 5. The number of amides is 1. The van der Waals surface area contributed by atoms with E-state index in [1.54, 1.807) is 6.20 Å². The summed E-state index contributed by atoms with van der Waals surface area (Å²) in [6.45, 7) is 4.51. The predicted molar refractivity (Wildman–Crippen MR) is 116 cm³/mol. The highest BCUT2D eigenvalue weighted by Gasteiger charge is 2.18. The van der Waals surface area contributed by atoms with E-state index in [9.17, 15) is 4.79 Å². The van der Waals surface area contributed by atoms with Crippen molar-refractivity contribution in [2.75, 3.05) is 13.1 Å². The summed E-state index contributed by atoms with van der Waals surface area (Å²) < 4.78 is 1.83. The van der Waals surface area contributed by atoms with Crippen molar-refractivity contribution in [1.82, 2.24) is 25.6 Å². The van der Waals surface area contributed by atoms with Gasteiger partial charge >= 0.3 is 0 Å². The van der Waals surface area contributed by atoms with E-state index in [2.05, 4.69) is 64.3 Å². The number of hydrogen-bond acceptors (Lipinski definition) is 4. The maximum absolute atomic E-state index is 12.4. The first-order valence-corrected chi connectivity index (χ1v) is 9.76. The summed E-state index contributed by atoms with van der Waals surface area (Å²) in [5, 5.41) is 14.5. The van der Waals surface area contributed by atoms with Gasteiger partial charge in [0.25, 0.3) is 5.91 Å². The number of halogens is 1. The molecule has 0 atom stereocenters. The summed E-state index contributed by atoms with van der Waals surface area (Å²) in [6.07, 6.45) is 3.78. The van der Waals surface area contributed by atoms with Gasteiger partial charge in [-0.05, 0) is 49.5 Å². The molecule has 1 aliphatic rings. The van der Waals surface area contributed by atoms with Crippen molar-refractivity contribution in [3.63, 3.8) is 0 Å². The molecule has 29 heavy (non-hydrogen) atoms. The smallest absolute Gasteiger partial charge is 0.273 e. The van der Waals surface area contributed by atoms with Crippen molar-refractivity contribution in [2.24, 2.45) is 0 Å². The molecule has 4 rings (SSSR count). The lowest BCUT2D eigenvalue weighted by Gasteiger charge is -2.22. The van der Waals surface area contributed by atoms with Crippen molar-refractivity contribution in [2.45, 2.75) is 32.4 Å². The third kappa shape index (κ3) is 5.22. The molecule has 6 nitrogen and oxygen atoms in total. The Balaban J connectivity index is 0.00000240. The minimum absolute atomic E-state index is 0. The minimum Gasteiger partial charge on any atom is -0.347 e. The number of carbonyl (C=O) groups is 1. The predicted octanol–water partition coefficient (Wildman–Crippen LogP) is 3.53. The Morgan fingerprint density at radius 2 is 1.90 bits per heavy atom. The van der Waals surface area contributed by atoms with Crippen LogP contribution in [0.15, 0.2) is 54.7 Å². The van der Waals surface area contributed by atoms with Gasteiger partial charge in [0.15, 0.2) is 5.69 Å². The molecule has 1 saturated heterocycles. The maximum atomic E-state index is 12.4. The molecule has 0 unspecified atom stereocenters. The third-order valence-corrected chi connectivity index (χ3v) is 5.18. The summed E-state index contributed by atoms with van der Waals surface area (Å²) in [5.41, 5.74) is 5.03. The Morgan fingerprint density at radius 3 is 2.62 bits per heavy atom. The van der Waals surface area contributed by atoms with E-state index in [1.807, 2.05) is 16.8 Å². The second-order valence-electron chi connectivity index (χ2n) is 7.31. The Hall–Kier alpha value is -2.70. The fraction of sp³-hybridized carbons (Fsp3) is 0.318. The van der Waals surface area contributed by atoms with E-state index < -0.39 is 0 Å². The first-order valence-electron chi connectivity index (χ1n) is 9.76. The second-order valence-corrected chi connectivity index (χ2v) is 7.31. The zero-order valence-corrected chi connectivity index (χ0v) is 17.3. The zero-order valence-electron chi connectivity index (χ0n) is 16.5. The molecular formula is C22H26ClN5O. The highest BCUT2D eigenvalue weighted by atomic mass is 35.5. The zero-order chi connectivity index (χ0) is 19.3. The number of hydrogen-bond donors (Lipinski definition) is 2. The molecule has 2 N–H and O–H groups in total. The number of nitrogens with one attached hydrogen (secondary N) is 2. The number of piperidine rings is 1. The van der Waals surface area contributed by atoms with E-state index in [1.165, 1.54) is 16.7 Å². The van der Waals surface area contributed by atoms with Crippen LogP contribution in [0.1, 0.15) is 40.5 Å². The number of nitrogens with zero attached hydrogens (tertiary/aromatic N) is 3. The Morgan fingerprint density at radius 1 is 1.14 bits per heavy atom. The first kappa shape index (κ1) is 21.0. The molecule has 2 heterocycles. The van der Waals surface area contributed by atoms with Crippen molar-refractivity contribution >= 4 is 18.3 Å². The van der Waals surface area contributed by atoms with Gasteiger partial charge in [0.05, 0.1) is 12.2 Å². The lowest BCUT2D eigenvalue weighted by Crippen LogP contribution is -2.29. The number of aromatic nitrogens is 3. The summed E-state index contributed by atoms with van der Waals surface area (Å²) in [6, 6.07) is 17.0. The van der Waals surface area contributed by atoms with Crippen LogP contribution in [0.4, 0.5) is 0 Å². The maximum Gasteiger partial charge on any atom is 0.273 e. The van der Waals surface area contributed by atoms with E-state index in [0.29, 0.717) is 18.3 Å². The summed E-state index contributed by atoms with van der Waals surface area (Å²) in [5.74, 6) is -0.192. The molecule has 2 aromatic carbocycles. The molecule has 7 heteroatoms. The standard InChI is InChI=1S/C22H25N5O.ClH/c1-16-3-2-4-19(13-16)18-7-5-17(6-8-18)14-24-22(28)21-15-27(26-25-21)20-9-11-23-12-10-20;/h2-8,13,15,20,23H,9-12,14H2,1H3,(H,24,28);1H. The van der Waals surface area contributed by atoms with Crippen LogP contribution in [0.5, 0.6) is 0 Å². The lowest BCUT2D eigenvalue weighted by molar-refractivity contribution is 0.0946. The van der Waals surface area contributed by atoms with Crippen LogP contribution >= 0.6 is 12.4 Å². The SMILES string of the molecule is Cc1cccc(-c2ccc(CNC(=O)c3cn(C4CCNCC4)nn3)cc2)c1.Cl. The van der Waals surface area contributed by atoms with Crippen molar-refractivity contribution in [3.05, 3.63) is 71.5 Å². The fourth-order valence-electron chi connectivity index (χ4n) is 3.54. The topological polar surface area (TPSA) is 71.8 Å². The molecule has 0 radical (unpaired) electrons. The number of benzene rings is 2. The van der Waals surface area contributed by atoms with Crippen LogP contribution in [-0.4, -0.2) is 34.0 Å². The average Bonchev–Trinajstić information content (AvgIpc) is 3.23. The van der Waals surface area contributed by atoms with Gasteiger partial charge in [0.2, 0.25) is 0 Å². The molecule has 0 spiro atoms. The van der Waals surface area contributed by atoms with Crippen molar-refractivity contribution < 1.29 is 4.79 Å². The molecule has 0 bridgehead atoms. The van der Waals surface area contributed by atoms with Crippen LogP contribution < -0.4 is 10.6 Å². The second kappa shape index (κ2) is 9.67. The molecule has 1 fully saturated rings. The van der Waals surface area contributed by atoms with Crippen LogP contribution in [0.25, 0.3) is 11.1 Å². The highest BCUT2D eigenvalue weighted by molar-refractivity contribution is 5.91. The van der Waals surface area contributed by atoms with Gasteiger partial charge < -0.3 is 10.6 Å². The van der Waals surface area contributed by atoms with Crippen LogP contribution in [-0.2, 0) is 6.54 Å².